The fourth-order valence-corrected chi connectivity index (χ4v) is 2.62. The zero-order valence-electron chi connectivity index (χ0n) is 13.9. The summed E-state index contributed by atoms with van der Waals surface area (Å²) in [5, 5.41) is 3.25. The highest BCUT2D eigenvalue weighted by atomic mass is 16.3. The third kappa shape index (κ3) is 3.08. The van der Waals surface area contributed by atoms with Crippen molar-refractivity contribution in [3.63, 3.8) is 0 Å². The molecule has 0 saturated heterocycles. The number of benzene rings is 1. The van der Waals surface area contributed by atoms with Crippen molar-refractivity contribution in [3.05, 3.63) is 63.4 Å². The van der Waals surface area contributed by atoms with E-state index in [9.17, 15) is 9.59 Å². The van der Waals surface area contributed by atoms with Crippen LogP contribution in [0.1, 0.15) is 22.5 Å². The van der Waals surface area contributed by atoms with Crippen LogP contribution in [0.3, 0.4) is 0 Å². The standard InChI is InChI=1S/C18H19N3O3/c1-11-5-4-6-14(7-11)8-19-15(22)9-21-10-20-17-16(18(21)23)12(2)13(3)24-17/h4-7,10H,8-9H2,1-3H3,(H,19,22). The van der Waals surface area contributed by atoms with Crippen molar-refractivity contribution >= 4 is 17.0 Å². The predicted molar refractivity (Wildman–Crippen MR) is 90.8 cm³/mol. The van der Waals surface area contributed by atoms with Crippen LogP contribution in [-0.2, 0) is 17.9 Å². The summed E-state index contributed by atoms with van der Waals surface area (Å²) < 4.78 is 6.73. The molecule has 1 N–H and O–H groups in total. The number of hydrogen-bond acceptors (Lipinski definition) is 4. The molecule has 0 spiro atoms. The second-order valence-corrected chi connectivity index (χ2v) is 5.91. The Morgan fingerprint density at radius 2 is 2.08 bits per heavy atom. The Morgan fingerprint density at radius 1 is 1.29 bits per heavy atom. The average Bonchev–Trinajstić information content (AvgIpc) is 2.84. The van der Waals surface area contributed by atoms with E-state index in [2.05, 4.69) is 10.3 Å². The molecule has 6 nitrogen and oxygen atoms in total. The molecule has 0 bridgehead atoms. The molecule has 0 aliphatic carbocycles. The SMILES string of the molecule is Cc1cccc(CNC(=O)Cn2cnc3oc(C)c(C)c3c2=O)c1. The lowest BCUT2D eigenvalue weighted by atomic mass is 10.1. The van der Waals surface area contributed by atoms with Crippen LogP contribution >= 0.6 is 0 Å². The van der Waals surface area contributed by atoms with Gasteiger partial charge < -0.3 is 9.73 Å². The van der Waals surface area contributed by atoms with E-state index in [1.165, 1.54) is 10.9 Å². The molecule has 24 heavy (non-hydrogen) atoms. The van der Waals surface area contributed by atoms with Gasteiger partial charge in [0.2, 0.25) is 11.6 Å². The number of furan rings is 1. The molecule has 0 aliphatic heterocycles. The fraction of sp³-hybridized carbons (Fsp3) is 0.278. The number of carbonyl (C=O) groups is 1. The average molecular weight is 325 g/mol. The van der Waals surface area contributed by atoms with Gasteiger partial charge in [-0.2, -0.15) is 0 Å². The molecule has 0 unspecified atom stereocenters. The lowest BCUT2D eigenvalue weighted by molar-refractivity contribution is -0.121. The summed E-state index contributed by atoms with van der Waals surface area (Å²) in [7, 11) is 0. The van der Waals surface area contributed by atoms with Gasteiger partial charge in [-0.25, -0.2) is 4.98 Å². The monoisotopic (exact) mass is 325 g/mol. The van der Waals surface area contributed by atoms with E-state index >= 15 is 0 Å². The molecule has 1 amide bonds. The maximum atomic E-state index is 12.5. The topological polar surface area (TPSA) is 77.1 Å². The van der Waals surface area contributed by atoms with Gasteiger partial charge in [-0.15, -0.1) is 0 Å². The second-order valence-electron chi connectivity index (χ2n) is 5.91. The number of amides is 1. The Balaban J connectivity index is 1.75. The van der Waals surface area contributed by atoms with E-state index < -0.39 is 0 Å². The molecular formula is C18H19N3O3. The Labute approximate surface area is 139 Å². The van der Waals surface area contributed by atoms with Gasteiger partial charge in [0.25, 0.3) is 5.56 Å². The van der Waals surface area contributed by atoms with Crippen LogP contribution in [0.5, 0.6) is 0 Å². The van der Waals surface area contributed by atoms with Gasteiger partial charge in [0.05, 0.1) is 0 Å². The van der Waals surface area contributed by atoms with Gasteiger partial charge in [-0.05, 0) is 26.3 Å². The van der Waals surface area contributed by atoms with E-state index in [-0.39, 0.29) is 18.0 Å². The van der Waals surface area contributed by atoms with Crippen LogP contribution in [-0.4, -0.2) is 15.5 Å². The normalized spacial score (nSPS) is 11.0. The van der Waals surface area contributed by atoms with Gasteiger partial charge in [0.1, 0.15) is 24.0 Å². The number of hydrogen-bond donors (Lipinski definition) is 1. The minimum atomic E-state index is -0.264. The molecule has 0 fully saturated rings. The van der Waals surface area contributed by atoms with Crippen molar-refractivity contribution in [1.29, 1.82) is 0 Å². The number of rotatable bonds is 4. The van der Waals surface area contributed by atoms with Gasteiger partial charge in [0.15, 0.2) is 0 Å². The maximum absolute atomic E-state index is 12.5. The van der Waals surface area contributed by atoms with Crippen LogP contribution in [0.4, 0.5) is 0 Å². The van der Waals surface area contributed by atoms with E-state index in [1.54, 1.807) is 6.92 Å². The molecule has 124 valence electrons. The molecule has 0 radical (unpaired) electrons. The summed E-state index contributed by atoms with van der Waals surface area (Å²) in [5.41, 5.74) is 2.97. The molecule has 0 aliphatic rings. The Bertz CT molecular complexity index is 969. The molecule has 6 heteroatoms. The number of nitrogens with one attached hydrogen (secondary N) is 1. The lowest BCUT2D eigenvalue weighted by Crippen LogP contribution is -2.32. The van der Waals surface area contributed by atoms with E-state index in [1.807, 2.05) is 38.1 Å². The number of aromatic nitrogens is 2. The van der Waals surface area contributed by atoms with E-state index in [0.717, 1.165) is 16.7 Å². The molecule has 0 saturated carbocycles. The van der Waals surface area contributed by atoms with E-state index in [0.29, 0.717) is 23.4 Å². The summed E-state index contributed by atoms with van der Waals surface area (Å²) in [6, 6.07) is 7.91. The quantitative estimate of drug-likeness (QED) is 0.798. The molecule has 1 aromatic carbocycles. The first-order valence-corrected chi connectivity index (χ1v) is 7.73. The van der Waals surface area contributed by atoms with Crippen molar-refractivity contribution < 1.29 is 9.21 Å². The van der Waals surface area contributed by atoms with Crippen molar-refractivity contribution in [2.24, 2.45) is 0 Å². The third-order valence-electron chi connectivity index (χ3n) is 4.04. The predicted octanol–water partition coefficient (Wildman–Crippen LogP) is 2.23. The summed E-state index contributed by atoms with van der Waals surface area (Å²) in [4.78, 5) is 28.7. The lowest BCUT2D eigenvalue weighted by Gasteiger charge is -2.08. The molecule has 2 heterocycles. The number of fused-ring (bicyclic) bond motifs is 1. The maximum Gasteiger partial charge on any atom is 0.265 e. The Morgan fingerprint density at radius 3 is 2.83 bits per heavy atom. The van der Waals surface area contributed by atoms with E-state index in [4.69, 9.17) is 4.42 Å². The second kappa shape index (κ2) is 6.31. The van der Waals surface area contributed by atoms with Crippen LogP contribution in [0.2, 0.25) is 0 Å². The first-order valence-electron chi connectivity index (χ1n) is 7.73. The molecule has 3 aromatic rings. The van der Waals surface area contributed by atoms with Crippen molar-refractivity contribution in [2.75, 3.05) is 0 Å². The number of nitrogens with zero attached hydrogens (tertiary/aromatic N) is 2. The van der Waals surface area contributed by atoms with Crippen molar-refractivity contribution in [2.45, 2.75) is 33.9 Å². The van der Waals surface area contributed by atoms with Crippen molar-refractivity contribution in [3.8, 4) is 0 Å². The summed E-state index contributed by atoms with van der Waals surface area (Å²) >= 11 is 0. The Hall–Kier alpha value is -2.89. The van der Waals surface area contributed by atoms with Crippen LogP contribution < -0.4 is 10.9 Å². The van der Waals surface area contributed by atoms with Gasteiger partial charge in [-0.3, -0.25) is 14.2 Å². The fourth-order valence-electron chi connectivity index (χ4n) is 2.62. The highest BCUT2D eigenvalue weighted by molar-refractivity contribution is 5.79. The minimum Gasteiger partial charge on any atom is -0.443 e. The zero-order valence-corrected chi connectivity index (χ0v) is 13.9. The largest absolute Gasteiger partial charge is 0.443 e. The molecular weight excluding hydrogens is 306 g/mol. The van der Waals surface area contributed by atoms with Gasteiger partial charge in [0, 0.05) is 12.1 Å². The van der Waals surface area contributed by atoms with Crippen molar-refractivity contribution in [1.82, 2.24) is 14.9 Å². The van der Waals surface area contributed by atoms with Gasteiger partial charge >= 0.3 is 0 Å². The highest BCUT2D eigenvalue weighted by Gasteiger charge is 2.15. The van der Waals surface area contributed by atoms with Crippen LogP contribution in [0, 0.1) is 20.8 Å². The van der Waals surface area contributed by atoms with Gasteiger partial charge in [-0.1, -0.05) is 29.8 Å². The van der Waals surface area contributed by atoms with Crippen LogP contribution in [0.15, 0.2) is 39.8 Å². The Kier molecular flexibility index (Phi) is 4.20. The number of aryl methyl sites for hydroxylation is 3. The highest BCUT2D eigenvalue weighted by Crippen LogP contribution is 2.18. The summed E-state index contributed by atoms with van der Waals surface area (Å²) in [6.07, 6.45) is 1.35. The minimum absolute atomic E-state index is 0.0722. The summed E-state index contributed by atoms with van der Waals surface area (Å²) in [6.45, 7) is 5.95. The first-order chi connectivity index (χ1) is 11.5. The molecule has 3 rings (SSSR count). The first kappa shape index (κ1) is 16.0. The third-order valence-corrected chi connectivity index (χ3v) is 4.04. The summed E-state index contributed by atoms with van der Waals surface area (Å²) in [5.74, 6) is 0.425. The number of carbonyl (C=O) groups excluding carboxylic acids is 1. The van der Waals surface area contributed by atoms with Crippen LogP contribution in [0.25, 0.3) is 11.1 Å². The molecule has 2 aromatic heterocycles. The smallest absolute Gasteiger partial charge is 0.265 e. The molecule has 0 atom stereocenters. The zero-order chi connectivity index (χ0) is 17.3.